The van der Waals surface area contributed by atoms with Crippen LogP contribution >= 0.6 is 22.7 Å². The summed E-state index contributed by atoms with van der Waals surface area (Å²) >= 11 is 2.68. The summed E-state index contributed by atoms with van der Waals surface area (Å²) in [5.41, 5.74) is 2.19. The molecule has 0 saturated heterocycles. The zero-order valence-corrected chi connectivity index (χ0v) is 14.9. The van der Waals surface area contributed by atoms with Crippen molar-refractivity contribution in [2.24, 2.45) is 0 Å². The van der Waals surface area contributed by atoms with Gasteiger partial charge < -0.3 is 10.1 Å². The van der Waals surface area contributed by atoms with E-state index >= 15 is 0 Å². The van der Waals surface area contributed by atoms with Crippen LogP contribution in [0.25, 0.3) is 0 Å². The number of anilines is 1. The van der Waals surface area contributed by atoms with Gasteiger partial charge >= 0.3 is 5.97 Å². The monoisotopic (exact) mass is 361 g/mol. The summed E-state index contributed by atoms with van der Waals surface area (Å²) in [5.74, 6) is -0.999. The van der Waals surface area contributed by atoms with Gasteiger partial charge in [0, 0.05) is 4.88 Å². The number of thiazole rings is 1. The summed E-state index contributed by atoms with van der Waals surface area (Å²) in [6.45, 7) is 3.15. The highest BCUT2D eigenvalue weighted by molar-refractivity contribution is 7.16. The topological polar surface area (TPSA) is 92.1 Å². The van der Waals surface area contributed by atoms with E-state index in [1.807, 2.05) is 0 Å². The highest BCUT2D eigenvalue weighted by Crippen LogP contribution is 2.38. The molecule has 1 N–H and O–H groups in total. The molecule has 0 fully saturated rings. The fourth-order valence-corrected chi connectivity index (χ4v) is 4.76. The van der Waals surface area contributed by atoms with Crippen LogP contribution < -0.4 is 5.32 Å². The summed E-state index contributed by atoms with van der Waals surface area (Å²) in [4.78, 5) is 29.8. The van der Waals surface area contributed by atoms with Crippen LogP contribution in [0.2, 0.25) is 0 Å². The molecule has 8 heteroatoms. The SMILES string of the molecule is Cc1nc(C)c(C(=O)OCC(=O)Nc2sc3c(c2C#N)CCC3)s1. The smallest absolute Gasteiger partial charge is 0.350 e. The Balaban J connectivity index is 1.62. The normalized spacial score (nSPS) is 12.5. The highest BCUT2D eigenvalue weighted by atomic mass is 32.1. The lowest BCUT2D eigenvalue weighted by Gasteiger charge is -2.05. The van der Waals surface area contributed by atoms with Crippen LogP contribution in [0.15, 0.2) is 0 Å². The van der Waals surface area contributed by atoms with Crippen molar-refractivity contribution in [1.82, 2.24) is 4.98 Å². The molecule has 0 spiro atoms. The molecule has 3 rings (SSSR count). The zero-order valence-electron chi connectivity index (χ0n) is 13.3. The maximum absolute atomic E-state index is 12.0. The molecule has 6 nitrogen and oxygen atoms in total. The molecule has 0 bridgehead atoms. The molecule has 1 aliphatic rings. The van der Waals surface area contributed by atoms with Crippen molar-refractivity contribution in [3.05, 3.63) is 31.6 Å². The number of ether oxygens (including phenoxy) is 1. The summed E-state index contributed by atoms with van der Waals surface area (Å²) < 4.78 is 5.05. The second kappa shape index (κ2) is 6.71. The maximum atomic E-state index is 12.0. The van der Waals surface area contributed by atoms with Gasteiger partial charge in [-0.15, -0.1) is 22.7 Å². The van der Waals surface area contributed by atoms with E-state index in [9.17, 15) is 14.9 Å². The van der Waals surface area contributed by atoms with Gasteiger partial charge in [0.05, 0.1) is 16.3 Å². The van der Waals surface area contributed by atoms with Crippen LogP contribution in [-0.2, 0) is 22.4 Å². The van der Waals surface area contributed by atoms with Crippen molar-refractivity contribution in [3.8, 4) is 6.07 Å². The minimum absolute atomic E-state index is 0.386. The molecule has 0 aromatic carbocycles. The molecule has 0 unspecified atom stereocenters. The quantitative estimate of drug-likeness (QED) is 0.845. The van der Waals surface area contributed by atoms with Gasteiger partial charge in [0.2, 0.25) is 0 Å². The van der Waals surface area contributed by atoms with Crippen molar-refractivity contribution in [3.63, 3.8) is 0 Å². The van der Waals surface area contributed by atoms with Crippen molar-refractivity contribution in [1.29, 1.82) is 5.26 Å². The second-order valence-corrected chi connectivity index (χ2v) is 7.75. The molecule has 2 aromatic rings. The Morgan fingerprint density at radius 2 is 2.12 bits per heavy atom. The number of aryl methyl sites for hydroxylation is 3. The number of hydrogen-bond donors (Lipinski definition) is 1. The number of nitrogens with one attached hydrogen (secondary N) is 1. The van der Waals surface area contributed by atoms with E-state index in [2.05, 4.69) is 16.4 Å². The van der Waals surface area contributed by atoms with Crippen molar-refractivity contribution in [2.45, 2.75) is 33.1 Å². The molecule has 1 aliphatic carbocycles. The van der Waals surface area contributed by atoms with Crippen LogP contribution in [0.3, 0.4) is 0 Å². The Hall–Kier alpha value is -2.24. The average molecular weight is 361 g/mol. The third kappa shape index (κ3) is 3.18. The minimum Gasteiger partial charge on any atom is -0.451 e. The molecule has 124 valence electrons. The summed E-state index contributed by atoms with van der Waals surface area (Å²) in [6.07, 6.45) is 2.88. The van der Waals surface area contributed by atoms with Crippen LogP contribution in [-0.4, -0.2) is 23.5 Å². The van der Waals surface area contributed by atoms with Crippen molar-refractivity contribution < 1.29 is 14.3 Å². The highest BCUT2D eigenvalue weighted by Gasteiger charge is 2.23. The van der Waals surface area contributed by atoms with E-state index in [1.54, 1.807) is 13.8 Å². The summed E-state index contributed by atoms with van der Waals surface area (Å²) in [6, 6.07) is 2.16. The van der Waals surface area contributed by atoms with E-state index < -0.39 is 11.9 Å². The van der Waals surface area contributed by atoms with Gasteiger partial charge in [-0.05, 0) is 38.7 Å². The molecule has 0 radical (unpaired) electrons. The number of amides is 1. The van der Waals surface area contributed by atoms with Crippen molar-refractivity contribution >= 4 is 39.6 Å². The summed E-state index contributed by atoms with van der Waals surface area (Å²) in [5, 5.41) is 13.3. The Morgan fingerprint density at radius 3 is 2.79 bits per heavy atom. The van der Waals surface area contributed by atoms with Crippen LogP contribution in [0.5, 0.6) is 0 Å². The van der Waals surface area contributed by atoms with E-state index in [-0.39, 0.29) is 6.61 Å². The van der Waals surface area contributed by atoms with E-state index in [4.69, 9.17) is 4.74 Å². The van der Waals surface area contributed by atoms with Gasteiger partial charge in [-0.3, -0.25) is 4.79 Å². The first-order chi connectivity index (χ1) is 11.5. The van der Waals surface area contributed by atoms with Gasteiger partial charge in [0.25, 0.3) is 5.91 Å². The minimum atomic E-state index is -0.553. The van der Waals surface area contributed by atoms with E-state index in [0.717, 1.165) is 34.7 Å². The van der Waals surface area contributed by atoms with Gasteiger partial charge in [-0.1, -0.05) is 0 Å². The fraction of sp³-hybridized carbons (Fsp3) is 0.375. The molecule has 0 saturated carbocycles. The first kappa shape index (κ1) is 16.6. The van der Waals surface area contributed by atoms with Gasteiger partial charge in [0.15, 0.2) is 6.61 Å². The third-order valence-electron chi connectivity index (χ3n) is 3.71. The average Bonchev–Trinajstić information content (AvgIpc) is 3.19. The van der Waals surface area contributed by atoms with Crippen molar-refractivity contribution in [2.75, 3.05) is 11.9 Å². The number of nitriles is 1. The summed E-state index contributed by atoms with van der Waals surface area (Å²) in [7, 11) is 0. The lowest BCUT2D eigenvalue weighted by Crippen LogP contribution is -2.20. The zero-order chi connectivity index (χ0) is 17.3. The van der Waals surface area contributed by atoms with E-state index in [1.165, 1.54) is 22.7 Å². The Bertz CT molecular complexity index is 861. The Kier molecular flexibility index (Phi) is 4.64. The predicted molar refractivity (Wildman–Crippen MR) is 91.6 cm³/mol. The number of carbonyl (C=O) groups excluding carboxylic acids is 2. The Morgan fingerprint density at radius 1 is 1.33 bits per heavy atom. The lowest BCUT2D eigenvalue weighted by atomic mass is 10.1. The molecule has 0 atom stereocenters. The largest absolute Gasteiger partial charge is 0.451 e. The number of fused-ring (bicyclic) bond motifs is 1. The number of carbonyl (C=O) groups is 2. The number of esters is 1. The molecule has 2 aromatic heterocycles. The molecular weight excluding hydrogens is 346 g/mol. The molecular formula is C16H15N3O3S2. The number of nitrogens with zero attached hydrogens (tertiary/aromatic N) is 2. The van der Waals surface area contributed by atoms with E-state index in [0.29, 0.717) is 21.1 Å². The van der Waals surface area contributed by atoms with Crippen LogP contribution in [0.4, 0.5) is 5.00 Å². The predicted octanol–water partition coefficient (Wildman–Crippen LogP) is 2.98. The third-order valence-corrected chi connectivity index (χ3v) is 5.97. The molecule has 24 heavy (non-hydrogen) atoms. The first-order valence-corrected chi connectivity index (χ1v) is 9.08. The standard InChI is InChI=1S/C16H15N3O3S2/c1-8-14(23-9(2)18-8)16(21)22-7-13(20)19-15-11(6-17)10-4-3-5-12(10)24-15/h3-5,7H2,1-2H3,(H,19,20). The van der Waals surface area contributed by atoms with Gasteiger partial charge in [0.1, 0.15) is 15.9 Å². The number of rotatable bonds is 4. The first-order valence-electron chi connectivity index (χ1n) is 7.45. The van der Waals surface area contributed by atoms with Crippen LogP contribution in [0, 0.1) is 25.2 Å². The fourth-order valence-electron chi connectivity index (χ4n) is 2.69. The molecule has 1 amide bonds. The number of thiophene rings is 1. The Labute approximate surface area is 147 Å². The second-order valence-electron chi connectivity index (χ2n) is 5.44. The lowest BCUT2D eigenvalue weighted by molar-refractivity contribution is -0.119. The van der Waals surface area contributed by atoms with Gasteiger partial charge in [-0.25, -0.2) is 9.78 Å². The number of aromatic nitrogens is 1. The molecule has 0 aliphatic heterocycles. The van der Waals surface area contributed by atoms with Crippen LogP contribution in [0.1, 0.15) is 42.8 Å². The maximum Gasteiger partial charge on any atom is 0.350 e. The molecule has 2 heterocycles. The van der Waals surface area contributed by atoms with Gasteiger partial charge in [-0.2, -0.15) is 5.26 Å². The number of hydrogen-bond acceptors (Lipinski definition) is 7.